The number of hydrogen-bond donors (Lipinski definition) is 1. The van der Waals surface area contributed by atoms with Crippen molar-refractivity contribution < 1.29 is 17.7 Å². The van der Waals surface area contributed by atoms with E-state index in [1.165, 1.54) is 15.6 Å². The van der Waals surface area contributed by atoms with Crippen LogP contribution < -0.4 is 5.32 Å². The number of thiophene rings is 1. The lowest BCUT2D eigenvalue weighted by Gasteiger charge is -2.16. The Morgan fingerprint density at radius 2 is 1.96 bits per heavy atom. The van der Waals surface area contributed by atoms with Crippen molar-refractivity contribution in [2.24, 2.45) is 0 Å². The van der Waals surface area contributed by atoms with Gasteiger partial charge in [-0.15, -0.1) is 11.3 Å². The second-order valence-electron chi connectivity index (χ2n) is 5.49. The number of rotatable bonds is 8. The van der Waals surface area contributed by atoms with Crippen LogP contribution in [0.5, 0.6) is 0 Å². The van der Waals surface area contributed by atoms with E-state index in [1.807, 2.05) is 13.8 Å². The molecule has 2 aromatic heterocycles. The number of carbonyl (C=O) groups excluding carboxylic acids is 1. The zero-order valence-electron chi connectivity index (χ0n) is 15.3. The van der Waals surface area contributed by atoms with Crippen LogP contribution in [0.25, 0.3) is 12.2 Å². The molecule has 0 spiro atoms. The van der Waals surface area contributed by atoms with Crippen molar-refractivity contribution in [3.8, 4) is 0 Å². The summed E-state index contributed by atoms with van der Waals surface area (Å²) in [6.45, 7) is 7.99. The van der Waals surface area contributed by atoms with Crippen LogP contribution in [0.3, 0.4) is 0 Å². The van der Waals surface area contributed by atoms with Gasteiger partial charge in [-0.05, 0) is 31.2 Å². The molecule has 0 saturated heterocycles. The molecule has 2 rings (SSSR count). The maximum atomic E-state index is 12.5. The van der Waals surface area contributed by atoms with Crippen molar-refractivity contribution in [1.82, 2.24) is 9.46 Å². The second kappa shape index (κ2) is 8.61. The van der Waals surface area contributed by atoms with Crippen LogP contribution in [0.4, 0.5) is 5.69 Å². The minimum absolute atomic E-state index is 0.130. The van der Waals surface area contributed by atoms with Gasteiger partial charge in [0.2, 0.25) is 5.91 Å². The number of carbonyl (C=O) groups is 1. The molecule has 0 radical (unpaired) electrons. The zero-order chi connectivity index (χ0) is 19.3. The first-order chi connectivity index (χ1) is 12.3. The third-order valence-corrected chi connectivity index (χ3v) is 7.34. The Kier molecular flexibility index (Phi) is 6.74. The molecule has 7 nitrogen and oxygen atoms in total. The Morgan fingerprint density at radius 1 is 1.27 bits per heavy atom. The molecule has 142 valence electrons. The van der Waals surface area contributed by atoms with Crippen LogP contribution in [-0.2, 0) is 14.8 Å². The number of hydrogen-bond acceptors (Lipinski definition) is 6. The lowest BCUT2D eigenvalue weighted by molar-refractivity contribution is -0.115. The highest BCUT2D eigenvalue weighted by atomic mass is 32.2. The van der Waals surface area contributed by atoms with Gasteiger partial charge in [0, 0.05) is 24.4 Å². The molecule has 1 amide bonds. The van der Waals surface area contributed by atoms with Crippen molar-refractivity contribution in [1.29, 1.82) is 0 Å². The minimum Gasteiger partial charge on any atom is -0.354 e. The zero-order valence-corrected chi connectivity index (χ0v) is 16.9. The lowest BCUT2D eigenvalue weighted by Crippen LogP contribution is -2.29. The third-order valence-electron chi connectivity index (χ3n) is 3.78. The van der Waals surface area contributed by atoms with E-state index in [1.54, 1.807) is 38.1 Å². The number of nitrogens with zero attached hydrogens (tertiary/aromatic N) is 2. The van der Waals surface area contributed by atoms with E-state index in [9.17, 15) is 13.2 Å². The smallest absolute Gasteiger partial charge is 0.252 e. The van der Waals surface area contributed by atoms with E-state index in [0.717, 1.165) is 4.88 Å². The van der Waals surface area contributed by atoms with Gasteiger partial charge in [0.05, 0.1) is 0 Å². The summed E-state index contributed by atoms with van der Waals surface area (Å²) < 4.78 is 32.0. The predicted molar refractivity (Wildman–Crippen MR) is 104 cm³/mol. The van der Waals surface area contributed by atoms with Crippen molar-refractivity contribution in [3.63, 3.8) is 0 Å². The molecule has 2 aromatic rings. The molecule has 2 heterocycles. The average molecular weight is 398 g/mol. The average Bonchev–Trinajstić information content (AvgIpc) is 3.22. The molecule has 0 fully saturated rings. The maximum Gasteiger partial charge on any atom is 0.252 e. The molecular formula is C17H23N3O4S2. The van der Waals surface area contributed by atoms with Crippen LogP contribution in [-0.4, -0.2) is 36.9 Å². The molecule has 26 heavy (non-hydrogen) atoms. The lowest BCUT2D eigenvalue weighted by atomic mass is 10.2. The molecule has 9 heteroatoms. The van der Waals surface area contributed by atoms with Crippen LogP contribution in [0, 0.1) is 6.92 Å². The first kappa shape index (κ1) is 20.3. The highest BCUT2D eigenvalue weighted by molar-refractivity contribution is 7.91. The van der Waals surface area contributed by atoms with Gasteiger partial charge in [-0.1, -0.05) is 25.9 Å². The summed E-state index contributed by atoms with van der Waals surface area (Å²) in [4.78, 5) is 12.4. The molecule has 0 aliphatic heterocycles. The van der Waals surface area contributed by atoms with Crippen LogP contribution >= 0.6 is 11.3 Å². The Labute approximate surface area is 157 Å². The number of amides is 1. The fraction of sp³-hybridized carbons (Fsp3) is 0.412. The molecular weight excluding hydrogens is 374 g/mol. The maximum absolute atomic E-state index is 12.5. The van der Waals surface area contributed by atoms with E-state index in [2.05, 4.69) is 10.5 Å². The van der Waals surface area contributed by atoms with Crippen molar-refractivity contribution in [2.75, 3.05) is 18.4 Å². The Morgan fingerprint density at radius 3 is 2.58 bits per heavy atom. The van der Waals surface area contributed by atoms with E-state index in [0.29, 0.717) is 40.9 Å². The summed E-state index contributed by atoms with van der Waals surface area (Å²) in [6.07, 6.45) is 3.77. The second-order valence-corrected chi connectivity index (χ2v) is 8.77. The van der Waals surface area contributed by atoms with Gasteiger partial charge in [-0.25, -0.2) is 8.42 Å². The van der Waals surface area contributed by atoms with Crippen molar-refractivity contribution >= 4 is 45.1 Å². The summed E-state index contributed by atoms with van der Waals surface area (Å²) in [5.41, 5.74) is 1.11. The Hall–Kier alpha value is -1.97. The van der Waals surface area contributed by atoms with Gasteiger partial charge >= 0.3 is 0 Å². The molecule has 0 unspecified atom stereocenters. The van der Waals surface area contributed by atoms with Crippen molar-refractivity contribution in [2.45, 2.75) is 38.3 Å². The summed E-state index contributed by atoms with van der Waals surface area (Å²) in [5, 5.41) is 6.62. The summed E-state index contributed by atoms with van der Waals surface area (Å²) in [6, 6.07) is 3.34. The monoisotopic (exact) mass is 397 g/mol. The Bertz CT molecular complexity index is 893. The van der Waals surface area contributed by atoms with Gasteiger partial charge in [-0.3, -0.25) is 4.79 Å². The van der Waals surface area contributed by atoms with Crippen LogP contribution in [0.15, 0.2) is 20.9 Å². The molecule has 0 aliphatic carbocycles. The van der Waals surface area contributed by atoms with Gasteiger partial charge < -0.3 is 9.84 Å². The van der Waals surface area contributed by atoms with E-state index < -0.39 is 10.0 Å². The topological polar surface area (TPSA) is 92.5 Å². The number of anilines is 1. The Balaban J connectivity index is 2.24. The first-order valence-electron chi connectivity index (χ1n) is 8.37. The SMILES string of the molecule is CCC(=O)Nc1c(C)noc1/C=C/c1ccc(S(=O)(=O)N(CC)CC)s1. The van der Waals surface area contributed by atoms with Gasteiger partial charge in [0.15, 0.2) is 5.76 Å². The molecule has 1 N–H and O–H groups in total. The standard InChI is InChI=1S/C17H23N3O4S2/c1-5-15(21)18-17-12(4)19-24-14(17)10-8-13-9-11-16(25-13)26(22,23)20(6-2)7-3/h8-11H,5-7H2,1-4H3,(H,18,21)/b10-8+. The molecule has 0 aromatic carbocycles. The van der Waals surface area contributed by atoms with Crippen LogP contribution in [0.2, 0.25) is 0 Å². The van der Waals surface area contributed by atoms with E-state index >= 15 is 0 Å². The first-order valence-corrected chi connectivity index (χ1v) is 10.6. The largest absolute Gasteiger partial charge is 0.354 e. The predicted octanol–water partition coefficient (Wildman–Crippen LogP) is 3.59. The van der Waals surface area contributed by atoms with Gasteiger partial charge in [-0.2, -0.15) is 4.31 Å². The number of aromatic nitrogens is 1. The normalized spacial score (nSPS) is 12.2. The highest BCUT2D eigenvalue weighted by Crippen LogP contribution is 2.28. The van der Waals surface area contributed by atoms with E-state index in [-0.39, 0.29) is 5.91 Å². The van der Waals surface area contributed by atoms with Crippen molar-refractivity contribution in [3.05, 3.63) is 28.5 Å². The fourth-order valence-corrected chi connectivity index (χ4v) is 5.13. The number of aryl methyl sites for hydroxylation is 1. The van der Waals surface area contributed by atoms with Gasteiger partial charge in [0.1, 0.15) is 15.6 Å². The highest BCUT2D eigenvalue weighted by Gasteiger charge is 2.23. The fourth-order valence-electron chi connectivity index (χ4n) is 2.29. The van der Waals surface area contributed by atoms with Crippen LogP contribution in [0.1, 0.15) is 43.5 Å². The summed E-state index contributed by atoms with van der Waals surface area (Å²) in [5.74, 6) is 0.292. The van der Waals surface area contributed by atoms with E-state index in [4.69, 9.17) is 4.52 Å². The number of sulfonamides is 1. The minimum atomic E-state index is -3.46. The number of nitrogens with one attached hydrogen (secondary N) is 1. The molecule has 0 atom stereocenters. The molecule has 0 bridgehead atoms. The third kappa shape index (κ3) is 4.40. The molecule has 0 aliphatic rings. The quantitative estimate of drug-likeness (QED) is 0.735. The summed E-state index contributed by atoms with van der Waals surface area (Å²) >= 11 is 1.18. The summed E-state index contributed by atoms with van der Waals surface area (Å²) in [7, 11) is -3.46. The van der Waals surface area contributed by atoms with Gasteiger partial charge in [0.25, 0.3) is 10.0 Å². The molecule has 0 saturated carbocycles.